The van der Waals surface area contributed by atoms with Gasteiger partial charge in [0.1, 0.15) is 11.9 Å². The van der Waals surface area contributed by atoms with Gasteiger partial charge in [0.2, 0.25) is 0 Å². The van der Waals surface area contributed by atoms with Crippen molar-refractivity contribution in [2.75, 3.05) is 13.1 Å². The van der Waals surface area contributed by atoms with Crippen LogP contribution in [0.4, 0.5) is 0 Å². The van der Waals surface area contributed by atoms with Crippen molar-refractivity contribution in [3.63, 3.8) is 0 Å². The van der Waals surface area contributed by atoms with Crippen LogP contribution in [0.5, 0.6) is 5.75 Å². The van der Waals surface area contributed by atoms with Gasteiger partial charge in [0.25, 0.3) is 0 Å². The van der Waals surface area contributed by atoms with Crippen molar-refractivity contribution in [2.45, 2.75) is 32.3 Å². The molecule has 16 heavy (non-hydrogen) atoms. The summed E-state index contributed by atoms with van der Waals surface area (Å²) in [7, 11) is 0. The zero-order valence-electron chi connectivity index (χ0n) is 9.79. The molecule has 1 heterocycles. The first-order chi connectivity index (χ1) is 7.70. The summed E-state index contributed by atoms with van der Waals surface area (Å²) in [5.41, 5.74) is 1.22. The van der Waals surface area contributed by atoms with Gasteiger partial charge < -0.3 is 10.1 Å². The lowest BCUT2D eigenvalue weighted by Gasteiger charge is -2.29. The van der Waals surface area contributed by atoms with Crippen LogP contribution in [0.25, 0.3) is 0 Å². The van der Waals surface area contributed by atoms with Gasteiger partial charge in [-0.1, -0.05) is 25.4 Å². The van der Waals surface area contributed by atoms with Crippen molar-refractivity contribution in [3.05, 3.63) is 28.8 Å². The highest BCUT2D eigenvalue weighted by molar-refractivity contribution is 6.30. The topological polar surface area (TPSA) is 21.3 Å². The van der Waals surface area contributed by atoms with E-state index in [-0.39, 0.29) is 0 Å². The molecule has 0 radical (unpaired) electrons. The summed E-state index contributed by atoms with van der Waals surface area (Å²) in [5, 5.41) is 3.99. The van der Waals surface area contributed by atoms with E-state index in [0.29, 0.717) is 12.0 Å². The van der Waals surface area contributed by atoms with E-state index in [1.54, 1.807) is 0 Å². The fraction of sp³-hybridized carbons (Fsp3) is 0.538. The minimum atomic E-state index is 0.323. The Morgan fingerprint density at radius 3 is 2.81 bits per heavy atom. The summed E-state index contributed by atoms with van der Waals surface area (Å²) in [6, 6.07) is 5.91. The molecule has 0 aromatic heterocycles. The molecule has 0 bridgehead atoms. The van der Waals surface area contributed by atoms with Crippen molar-refractivity contribution in [1.29, 1.82) is 0 Å². The normalized spacial score (nSPS) is 17.9. The summed E-state index contributed by atoms with van der Waals surface area (Å²) in [6.45, 7) is 6.28. The van der Waals surface area contributed by atoms with Gasteiger partial charge in [-0.25, -0.2) is 0 Å². The first-order valence-corrected chi connectivity index (χ1v) is 6.25. The molecule has 0 unspecified atom stereocenters. The Morgan fingerprint density at radius 1 is 1.50 bits per heavy atom. The van der Waals surface area contributed by atoms with Crippen LogP contribution in [-0.4, -0.2) is 19.2 Å². The Bertz CT molecular complexity index is 363. The highest BCUT2D eigenvalue weighted by Gasteiger charge is 2.20. The van der Waals surface area contributed by atoms with Gasteiger partial charge in [-0.2, -0.15) is 0 Å². The number of hydrogen-bond acceptors (Lipinski definition) is 2. The molecular formula is C13H18ClNO. The first-order valence-electron chi connectivity index (χ1n) is 5.87. The highest BCUT2D eigenvalue weighted by atomic mass is 35.5. The molecule has 88 valence electrons. The largest absolute Gasteiger partial charge is 0.487 e. The molecule has 0 saturated carbocycles. The maximum atomic E-state index is 6.03. The lowest BCUT2D eigenvalue weighted by molar-refractivity contribution is 0.140. The van der Waals surface area contributed by atoms with E-state index in [4.69, 9.17) is 16.3 Å². The van der Waals surface area contributed by atoms with Gasteiger partial charge in [0, 0.05) is 18.1 Å². The van der Waals surface area contributed by atoms with Crippen LogP contribution in [0, 0.1) is 0 Å². The molecule has 1 aliphatic heterocycles. The third-order valence-corrected chi connectivity index (χ3v) is 3.39. The Morgan fingerprint density at radius 2 is 2.25 bits per heavy atom. The van der Waals surface area contributed by atoms with Crippen molar-refractivity contribution >= 4 is 11.6 Å². The number of hydrogen-bond donors (Lipinski definition) is 1. The average molecular weight is 240 g/mol. The summed E-state index contributed by atoms with van der Waals surface area (Å²) >= 11 is 6.03. The minimum absolute atomic E-state index is 0.323. The number of benzene rings is 1. The maximum Gasteiger partial charge on any atom is 0.123 e. The molecule has 1 aromatic carbocycles. The van der Waals surface area contributed by atoms with Gasteiger partial charge in [-0.15, -0.1) is 0 Å². The Balaban J connectivity index is 2.20. The SMILES string of the molecule is CC[C@H](C)c1cc(Cl)ccc1OC1CNC1. The van der Waals surface area contributed by atoms with Gasteiger partial charge >= 0.3 is 0 Å². The van der Waals surface area contributed by atoms with Crippen LogP contribution in [0.3, 0.4) is 0 Å². The number of ether oxygens (including phenoxy) is 1. The number of nitrogens with one attached hydrogen (secondary N) is 1. The van der Waals surface area contributed by atoms with Gasteiger partial charge in [0.15, 0.2) is 0 Å². The Labute approximate surface area is 102 Å². The van der Waals surface area contributed by atoms with E-state index >= 15 is 0 Å². The van der Waals surface area contributed by atoms with Crippen LogP contribution in [0.1, 0.15) is 31.7 Å². The van der Waals surface area contributed by atoms with Gasteiger partial charge in [-0.3, -0.25) is 0 Å². The molecule has 1 saturated heterocycles. The van der Waals surface area contributed by atoms with Gasteiger partial charge in [-0.05, 0) is 36.1 Å². The predicted octanol–water partition coefficient (Wildman–Crippen LogP) is 3.20. The fourth-order valence-corrected chi connectivity index (χ4v) is 1.94. The molecule has 2 nitrogen and oxygen atoms in total. The van der Waals surface area contributed by atoms with Gasteiger partial charge in [0.05, 0.1) is 0 Å². The van der Waals surface area contributed by atoms with Crippen LogP contribution >= 0.6 is 11.6 Å². The van der Waals surface area contributed by atoms with Crippen LogP contribution in [0.15, 0.2) is 18.2 Å². The predicted molar refractivity (Wildman–Crippen MR) is 67.4 cm³/mol. The second kappa shape index (κ2) is 5.07. The second-order valence-electron chi connectivity index (χ2n) is 4.39. The minimum Gasteiger partial charge on any atom is -0.487 e. The highest BCUT2D eigenvalue weighted by Crippen LogP contribution is 2.32. The van der Waals surface area contributed by atoms with E-state index in [2.05, 4.69) is 19.2 Å². The Kier molecular flexibility index (Phi) is 3.72. The fourth-order valence-electron chi connectivity index (χ4n) is 1.76. The molecule has 0 aliphatic carbocycles. The zero-order valence-corrected chi connectivity index (χ0v) is 10.6. The van der Waals surface area contributed by atoms with Crippen LogP contribution in [-0.2, 0) is 0 Å². The second-order valence-corrected chi connectivity index (χ2v) is 4.83. The third kappa shape index (κ3) is 2.50. The maximum absolute atomic E-state index is 6.03. The molecule has 1 N–H and O–H groups in total. The van der Waals surface area contributed by atoms with Crippen LogP contribution in [0.2, 0.25) is 5.02 Å². The number of halogens is 1. The smallest absolute Gasteiger partial charge is 0.123 e. The molecule has 0 amide bonds. The van der Waals surface area contributed by atoms with E-state index in [0.717, 1.165) is 30.3 Å². The summed E-state index contributed by atoms with van der Waals surface area (Å²) in [4.78, 5) is 0. The molecular weight excluding hydrogens is 222 g/mol. The molecule has 1 aliphatic rings. The lowest BCUT2D eigenvalue weighted by atomic mass is 9.97. The monoisotopic (exact) mass is 239 g/mol. The van der Waals surface area contributed by atoms with E-state index in [1.807, 2.05) is 18.2 Å². The molecule has 1 atom stereocenters. The molecule has 2 rings (SSSR count). The number of rotatable bonds is 4. The van der Waals surface area contributed by atoms with Crippen molar-refractivity contribution < 1.29 is 4.74 Å². The average Bonchev–Trinajstić information content (AvgIpc) is 2.23. The third-order valence-electron chi connectivity index (χ3n) is 3.15. The van der Waals surface area contributed by atoms with E-state index < -0.39 is 0 Å². The van der Waals surface area contributed by atoms with Crippen molar-refractivity contribution in [1.82, 2.24) is 5.32 Å². The quantitative estimate of drug-likeness (QED) is 0.871. The summed E-state index contributed by atoms with van der Waals surface area (Å²) in [6.07, 6.45) is 1.42. The van der Waals surface area contributed by atoms with Crippen LogP contribution < -0.4 is 10.1 Å². The molecule has 3 heteroatoms. The Hall–Kier alpha value is -0.730. The first kappa shape index (κ1) is 11.7. The summed E-state index contributed by atoms with van der Waals surface area (Å²) in [5.74, 6) is 1.48. The lowest BCUT2D eigenvalue weighted by Crippen LogP contribution is -2.50. The van der Waals surface area contributed by atoms with Crippen molar-refractivity contribution in [2.24, 2.45) is 0 Å². The standard InChI is InChI=1S/C13H18ClNO/c1-3-9(2)12-6-10(14)4-5-13(12)16-11-7-15-8-11/h4-6,9,11,15H,3,7-8H2,1-2H3/t9-/m0/s1. The van der Waals surface area contributed by atoms with E-state index in [1.165, 1.54) is 5.56 Å². The molecule has 1 fully saturated rings. The van der Waals surface area contributed by atoms with Crippen molar-refractivity contribution in [3.8, 4) is 5.75 Å². The summed E-state index contributed by atoms with van der Waals surface area (Å²) < 4.78 is 5.94. The molecule has 0 spiro atoms. The molecule has 1 aromatic rings. The zero-order chi connectivity index (χ0) is 11.5. The van der Waals surface area contributed by atoms with E-state index in [9.17, 15) is 0 Å².